The van der Waals surface area contributed by atoms with Crippen molar-refractivity contribution in [3.8, 4) is 0 Å². The summed E-state index contributed by atoms with van der Waals surface area (Å²) < 4.78 is 23.3. The van der Waals surface area contributed by atoms with Crippen LogP contribution in [0.2, 0.25) is 0 Å². The van der Waals surface area contributed by atoms with Crippen LogP contribution >= 0.6 is 0 Å². The molecule has 2 saturated heterocycles. The predicted molar refractivity (Wildman–Crippen MR) is 131 cm³/mol. The lowest BCUT2D eigenvalue weighted by atomic mass is 10.0. The number of benzene rings is 1. The van der Waals surface area contributed by atoms with Gasteiger partial charge in [0.05, 0.1) is 12.4 Å². The van der Waals surface area contributed by atoms with E-state index in [1.165, 1.54) is 18.0 Å². The predicted octanol–water partition coefficient (Wildman–Crippen LogP) is 2.15. The van der Waals surface area contributed by atoms with Gasteiger partial charge in [0, 0.05) is 57.1 Å². The van der Waals surface area contributed by atoms with E-state index in [-0.39, 0.29) is 29.1 Å². The van der Waals surface area contributed by atoms with E-state index in [0.29, 0.717) is 19.0 Å². The zero-order valence-corrected chi connectivity index (χ0v) is 20.9. The molecule has 2 aromatic rings. The second-order valence-electron chi connectivity index (χ2n) is 9.48. The summed E-state index contributed by atoms with van der Waals surface area (Å²) in [6.07, 6.45) is 5.73. The number of aromatic nitrogens is 2. The number of rotatable bonds is 5. The summed E-state index contributed by atoms with van der Waals surface area (Å²) in [5, 5.41) is 3.25. The highest BCUT2D eigenvalue weighted by molar-refractivity contribution is 7.90. The molecule has 1 N–H and O–H groups in total. The highest BCUT2D eigenvalue weighted by Crippen LogP contribution is 2.22. The molecular formula is C24H34N6O3S. The molecule has 0 radical (unpaired) electrons. The lowest BCUT2D eigenvalue weighted by Crippen LogP contribution is -2.61. The minimum Gasteiger partial charge on any atom is -0.335 e. The number of urea groups is 1. The molecule has 0 aliphatic carbocycles. The summed E-state index contributed by atoms with van der Waals surface area (Å²) in [7, 11) is -3.34. The summed E-state index contributed by atoms with van der Waals surface area (Å²) in [4.78, 5) is 28.1. The Hall–Kier alpha value is -2.72. The van der Waals surface area contributed by atoms with Crippen molar-refractivity contribution < 1.29 is 13.2 Å². The zero-order valence-electron chi connectivity index (χ0n) is 20.1. The number of anilines is 1. The first-order chi connectivity index (χ1) is 16.2. The molecule has 1 aromatic heterocycles. The van der Waals surface area contributed by atoms with E-state index in [1.807, 2.05) is 29.7 Å². The molecular weight excluding hydrogens is 452 g/mol. The normalized spacial score (nSPS) is 22.6. The van der Waals surface area contributed by atoms with Crippen molar-refractivity contribution in [2.24, 2.45) is 0 Å². The van der Waals surface area contributed by atoms with Crippen LogP contribution in [0, 0.1) is 0 Å². The van der Waals surface area contributed by atoms with Crippen LogP contribution in [0.5, 0.6) is 0 Å². The fraction of sp³-hybridized carbons (Fsp3) is 0.542. The topological polar surface area (TPSA) is 98.7 Å². The van der Waals surface area contributed by atoms with E-state index in [9.17, 15) is 13.2 Å². The maximum absolute atomic E-state index is 13.1. The van der Waals surface area contributed by atoms with Crippen molar-refractivity contribution in [1.29, 1.82) is 0 Å². The first kappa shape index (κ1) is 24.4. The van der Waals surface area contributed by atoms with E-state index >= 15 is 0 Å². The molecule has 2 amide bonds. The third kappa shape index (κ3) is 5.85. The second kappa shape index (κ2) is 10.3. The number of carbonyl (C=O) groups is 1. The highest BCUT2D eigenvalue weighted by atomic mass is 32.2. The number of hydrogen-bond donors (Lipinski definition) is 1. The molecule has 2 atom stereocenters. The molecule has 3 heterocycles. The lowest BCUT2D eigenvalue weighted by Gasteiger charge is -2.44. The molecule has 2 aliphatic rings. The van der Waals surface area contributed by atoms with Gasteiger partial charge in [-0.2, -0.15) is 0 Å². The second-order valence-corrected chi connectivity index (χ2v) is 11.5. The van der Waals surface area contributed by atoms with E-state index < -0.39 is 9.84 Å². The number of likely N-dealkylation sites (tertiary alicyclic amines) is 1. The SMILES string of the molecule is C[C@@H]1CN(c2ncc(S(C)(=O)=O)cn2)[C@@H](C)CN1C(=O)NC1CCN(Cc2ccccc2)CC1. The Labute approximate surface area is 202 Å². The number of nitrogens with one attached hydrogen (secondary N) is 1. The van der Waals surface area contributed by atoms with Gasteiger partial charge in [-0.3, -0.25) is 4.90 Å². The highest BCUT2D eigenvalue weighted by Gasteiger charge is 2.34. The van der Waals surface area contributed by atoms with Crippen LogP contribution in [0.3, 0.4) is 0 Å². The van der Waals surface area contributed by atoms with Crippen LogP contribution in [0.1, 0.15) is 32.3 Å². The molecule has 9 nitrogen and oxygen atoms in total. The third-order valence-corrected chi connectivity index (χ3v) is 7.78. The quantitative estimate of drug-likeness (QED) is 0.691. The van der Waals surface area contributed by atoms with Crippen molar-refractivity contribution in [3.63, 3.8) is 0 Å². The average Bonchev–Trinajstić information content (AvgIpc) is 2.82. The van der Waals surface area contributed by atoms with Crippen LogP contribution in [0.15, 0.2) is 47.6 Å². The summed E-state index contributed by atoms with van der Waals surface area (Å²) in [6, 6.07) is 10.6. The molecule has 2 fully saturated rings. The molecule has 184 valence electrons. The number of piperazine rings is 1. The Morgan fingerprint density at radius 1 is 1.03 bits per heavy atom. The van der Waals surface area contributed by atoms with Gasteiger partial charge in [0.15, 0.2) is 9.84 Å². The van der Waals surface area contributed by atoms with Gasteiger partial charge in [-0.05, 0) is 32.3 Å². The van der Waals surface area contributed by atoms with Gasteiger partial charge < -0.3 is 15.1 Å². The van der Waals surface area contributed by atoms with Gasteiger partial charge >= 0.3 is 6.03 Å². The van der Waals surface area contributed by atoms with Gasteiger partial charge in [0.1, 0.15) is 4.90 Å². The van der Waals surface area contributed by atoms with Gasteiger partial charge in [-0.1, -0.05) is 30.3 Å². The number of nitrogens with zero attached hydrogens (tertiary/aromatic N) is 5. The van der Waals surface area contributed by atoms with Gasteiger partial charge in [-0.15, -0.1) is 0 Å². The fourth-order valence-corrected chi connectivity index (χ4v) is 5.16. The third-order valence-electron chi connectivity index (χ3n) is 6.71. The number of piperidine rings is 1. The number of hydrogen-bond acceptors (Lipinski definition) is 7. The fourth-order valence-electron chi connectivity index (χ4n) is 4.67. The number of carbonyl (C=O) groups excluding carboxylic acids is 1. The Bertz CT molecular complexity index is 1070. The summed E-state index contributed by atoms with van der Waals surface area (Å²) in [6.45, 7) is 8.08. The minimum atomic E-state index is -3.34. The molecule has 0 unspecified atom stereocenters. The van der Waals surface area contributed by atoms with Gasteiger partial charge in [0.2, 0.25) is 5.95 Å². The van der Waals surface area contributed by atoms with Crippen LogP contribution in [-0.2, 0) is 16.4 Å². The van der Waals surface area contributed by atoms with Crippen molar-refractivity contribution in [1.82, 2.24) is 25.1 Å². The van der Waals surface area contributed by atoms with E-state index in [1.54, 1.807) is 0 Å². The van der Waals surface area contributed by atoms with Crippen LogP contribution in [-0.4, -0.2) is 84.8 Å². The average molecular weight is 487 g/mol. The number of amides is 2. The molecule has 0 spiro atoms. The molecule has 1 aromatic carbocycles. The van der Waals surface area contributed by atoms with Crippen molar-refractivity contribution in [2.75, 3.05) is 37.3 Å². The Balaban J connectivity index is 1.29. The standard InChI is InChI=1S/C24H34N6O3S/c1-18-16-30(19(2)15-29(18)23-25-13-22(14-26-23)34(3,32)33)24(31)27-21-9-11-28(12-10-21)17-20-7-5-4-6-8-20/h4-8,13-14,18-19,21H,9-12,15-17H2,1-3H3,(H,27,31)/t18-,19+/m0/s1. The first-order valence-electron chi connectivity index (χ1n) is 11.8. The smallest absolute Gasteiger partial charge is 0.317 e. The van der Waals surface area contributed by atoms with Gasteiger partial charge in [0.25, 0.3) is 0 Å². The van der Waals surface area contributed by atoms with Crippen LogP contribution in [0.4, 0.5) is 10.7 Å². The number of sulfone groups is 1. The van der Waals surface area contributed by atoms with Crippen molar-refractivity contribution in [3.05, 3.63) is 48.3 Å². The van der Waals surface area contributed by atoms with Crippen LogP contribution < -0.4 is 10.2 Å². The van der Waals surface area contributed by atoms with Crippen molar-refractivity contribution >= 4 is 21.8 Å². The molecule has 0 bridgehead atoms. The first-order valence-corrected chi connectivity index (χ1v) is 13.7. The van der Waals surface area contributed by atoms with E-state index in [4.69, 9.17) is 0 Å². The zero-order chi connectivity index (χ0) is 24.3. The molecule has 10 heteroatoms. The largest absolute Gasteiger partial charge is 0.335 e. The monoisotopic (exact) mass is 486 g/mol. The Morgan fingerprint density at radius 2 is 1.68 bits per heavy atom. The summed E-state index contributed by atoms with van der Waals surface area (Å²) in [5.41, 5.74) is 1.32. The molecule has 2 aliphatic heterocycles. The molecule has 0 saturated carbocycles. The van der Waals surface area contributed by atoms with Crippen molar-refractivity contribution in [2.45, 2.75) is 56.3 Å². The van der Waals surface area contributed by atoms with Gasteiger partial charge in [-0.25, -0.2) is 23.2 Å². The van der Waals surface area contributed by atoms with E-state index in [2.05, 4.69) is 44.5 Å². The van der Waals surface area contributed by atoms with E-state index in [0.717, 1.165) is 38.7 Å². The summed E-state index contributed by atoms with van der Waals surface area (Å²) in [5.74, 6) is 0.484. The Morgan fingerprint density at radius 3 is 2.29 bits per heavy atom. The molecule has 34 heavy (non-hydrogen) atoms. The summed E-state index contributed by atoms with van der Waals surface area (Å²) >= 11 is 0. The maximum atomic E-state index is 13.1. The lowest BCUT2D eigenvalue weighted by molar-refractivity contribution is 0.145. The minimum absolute atomic E-state index is 0.0127. The Kier molecular flexibility index (Phi) is 7.37. The molecule has 4 rings (SSSR count). The maximum Gasteiger partial charge on any atom is 0.317 e. The van der Waals surface area contributed by atoms with Crippen LogP contribution in [0.25, 0.3) is 0 Å².